The molecule has 0 amide bonds. The Morgan fingerprint density at radius 1 is 1.07 bits per heavy atom. The summed E-state index contributed by atoms with van der Waals surface area (Å²) in [5.74, 6) is -0.403. The summed E-state index contributed by atoms with van der Waals surface area (Å²) in [6.45, 7) is 3.60. The highest BCUT2D eigenvalue weighted by Crippen LogP contribution is 2.38. The Bertz CT molecular complexity index is 778. The molecule has 0 saturated heterocycles. The largest absolute Gasteiger partial charge is 0.446 e. The fourth-order valence-electron chi connectivity index (χ4n) is 1.96. The number of aromatic nitrogens is 2. The summed E-state index contributed by atoms with van der Waals surface area (Å²) >= 11 is -0.318. The average Bonchev–Trinajstić information content (AvgIpc) is 2.52. The zero-order chi connectivity index (χ0) is 20.2. The van der Waals surface area contributed by atoms with E-state index in [1.54, 1.807) is 6.92 Å². The van der Waals surface area contributed by atoms with Gasteiger partial charge in [0, 0.05) is 22.7 Å². The van der Waals surface area contributed by atoms with E-state index in [0.29, 0.717) is 12.5 Å². The molecule has 0 aliphatic heterocycles. The zero-order valence-electron chi connectivity index (χ0n) is 14.2. The number of hydrogen-bond acceptors (Lipinski definition) is 5. The lowest BCUT2D eigenvalue weighted by Gasteiger charge is -2.15. The minimum atomic E-state index is -4.70. The van der Waals surface area contributed by atoms with Crippen LogP contribution >= 0.6 is 11.8 Å². The van der Waals surface area contributed by atoms with Crippen LogP contribution in [0.1, 0.15) is 26.0 Å². The lowest BCUT2D eigenvalue weighted by atomic mass is 10.3. The summed E-state index contributed by atoms with van der Waals surface area (Å²) in [7, 11) is 0. The van der Waals surface area contributed by atoms with Gasteiger partial charge in [-0.2, -0.15) is 31.3 Å². The first kappa shape index (κ1) is 21.1. The van der Waals surface area contributed by atoms with E-state index >= 15 is 0 Å². The van der Waals surface area contributed by atoms with Crippen LogP contribution in [-0.2, 0) is 6.18 Å². The summed E-state index contributed by atoms with van der Waals surface area (Å²) in [4.78, 5) is 7.33. The van der Waals surface area contributed by atoms with Crippen LogP contribution in [-0.4, -0.2) is 21.5 Å². The van der Waals surface area contributed by atoms with Gasteiger partial charge in [0.1, 0.15) is 5.82 Å². The fraction of sp³-hybridized carbons (Fsp3) is 0.375. The molecule has 27 heavy (non-hydrogen) atoms. The van der Waals surface area contributed by atoms with Crippen LogP contribution in [0.2, 0.25) is 0 Å². The van der Waals surface area contributed by atoms with Crippen molar-refractivity contribution in [2.45, 2.75) is 42.9 Å². The molecule has 4 nitrogen and oxygen atoms in total. The molecule has 0 aliphatic carbocycles. The molecule has 2 rings (SSSR count). The lowest BCUT2D eigenvalue weighted by molar-refractivity contribution is -0.141. The van der Waals surface area contributed by atoms with Gasteiger partial charge >= 0.3 is 11.7 Å². The molecule has 0 unspecified atom stereocenters. The summed E-state index contributed by atoms with van der Waals surface area (Å²) in [5.41, 5.74) is -5.46. The molecule has 0 saturated carbocycles. The molecule has 0 radical (unpaired) electrons. The first-order valence-corrected chi connectivity index (χ1v) is 8.63. The van der Waals surface area contributed by atoms with E-state index in [0.717, 1.165) is 0 Å². The molecule has 0 spiro atoms. The molecule has 1 aromatic carbocycles. The zero-order valence-corrected chi connectivity index (χ0v) is 15.1. The number of nitrogens with zero attached hydrogens (tertiary/aromatic N) is 2. The Morgan fingerprint density at radius 3 is 2.37 bits per heavy atom. The van der Waals surface area contributed by atoms with Gasteiger partial charge in [0.2, 0.25) is 5.95 Å². The van der Waals surface area contributed by atoms with Crippen LogP contribution in [0.25, 0.3) is 0 Å². The third kappa shape index (κ3) is 6.81. The fourth-order valence-corrected chi connectivity index (χ4v) is 2.56. The molecule has 2 aromatic rings. The predicted molar refractivity (Wildman–Crippen MR) is 92.0 cm³/mol. The molecular weight excluding hydrogens is 394 g/mol. The molecule has 0 fully saturated rings. The quantitative estimate of drug-likeness (QED) is 0.448. The SMILES string of the molecule is CC[C@@H](C)Nc1nc(Nc2cccc(SC(F)(F)F)c2)cc(C(F)(F)F)n1. The number of hydrogen-bond donors (Lipinski definition) is 2. The van der Waals surface area contributed by atoms with Gasteiger partial charge in [0.05, 0.1) is 0 Å². The van der Waals surface area contributed by atoms with Crippen LogP contribution in [0.4, 0.5) is 43.8 Å². The van der Waals surface area contributed by atoms with Gasteiger partial charge in [-0.05, 0) is 43.3 Å². The number of rotatable bonds is 6. The highest BCUT2D eigenvalue weighted by Gasteiger charge is 2.34. The monoisotopic (exact) mass is 410 g/mol. The van der Waals surface area contributed by atoms with E-state index in [4.69, 9.17) is 0 Å². The molecule has 148 valence electrons. The van der Waals surface area contributed by atoms with Gasteiger partial charge < -0.3 is 10.6 Å². The number of anilines is 3. The van der Waals surface area contributed by atoms with E-state index in [1.165, 1.54) is 24.3 Å². The molecule has 2 N–H and O–H groups in total. The molecular formula is C16H16F6N4S. The van der Waals surface area contributed by atoms with E-state index < -0.39 is 17.4 Å². The van der Waals surface area contributed by atoms with Crippen LogP contribution in [0.3, 0.4) is 0 Å². The third-order valence-electron chi connectivity index (χ3n) is 3.34. The maximum Gasteiger partial charge on any atom is 0.446 e. The minimum Gasteiger partial charge on any atom is -0.352 e. The van der Waals surface area contributed by atoms with Crippen molar-refractivity contribution < 1.29 is 26.3 Å². The van der Waals surface area contributed by atoms with Crippen molar-refractivity contribution in [3.8, 4) is 0 Å². The molecule has 1 aromatic heterocycles. The number of halogens is 6. The van der Waals surface area contributed by atoms with Crippen LogP contribution in [0, 0.1) is 0 Å². The van der Waals surface area contributed by atoms with Crippen molar-refractivity contribution in [2.75, 3.05) is 10.6 Å². The minimum absolute atomic E-state index is 0.101. The Labute approximate surface area is 155 Å². The topological polar surface area (TPSA) is 49.8 Å². The summed E-state index contributed by atoms with van der Waals surface area (Å²) < 4.78 is 76.7. The van der Waals surface area contributed by atoms with E-state index in [9.17, 15) is 26.3 Å². The van der Waals surface area contributed by atoms with E-state index in [-0.39, 0.29) is 40.2 Å². The molecule has 0 aliphatic rings. The van der Waals surface area contributed by atoms with Gasteiger partial charge in [0.15, 0.2) is 5.69 Å². The van der Waals surface area contributed by atoms with E-state index in [2.05, 4.69) is 20.6 Å². The van der Waals surface area contributed by atoms with Crippen LogP contribution in [0.15, 0.2) is 35.2 Å². The second kappa shape index (κ2) is 8.24. The normalized spacial score (nSPS) is 13.3. The van der Waals surface area contributed by atoms with Gasteiger partial charge in [-0.25, -0.2) is 4.98 Å². The summed E-state index contributed by atoms with van der Waals surface area (Å²) in [6.07, 6.45) is -4.06. The second-order valence-corrected chi connectivity index (χ2v) is 6.75. The van der Waals surface area contributed by atoms with Crippen molar-refractivity contribution >= 4 is 29.2 Å². The first-order valence-electron chi connectivity index (χ1n) is 7.82. The third-order valence-corrected chi connectivity index (χ3v) is 4.07. The van der Waals surface area contributed by atoms with E-state index in [1.807, 2.05) is 6.92 Å². The Morgan fingerprint density at radius 2 is 1.78 bits per heavy atom. The van der Waals surface area contributed by atoms with Crippen LogP contribution in [0.5, 0.6) is 0 Å². The smallest absolute Gasteiger partial charge is 0.352 e. The molecule has 1 heterocycles. The number of alkyl halides is 6. The highest BCUT2D eigenvalue weighted by atomic mass is 32.2. The summed E-state index contributed by atoms with van der Waals surface area (Å²) in [6, 6.07) is 5.76. The lowest BCUT2D eigenvalue weighted by Crippen LogP contribution is -2.18. The van der Waals surface area contributed by atoms with Gasteiger partial charge in [-0.3, -0.25) is 0 Å². The van der Waals surface area contributed by atoms with Gasteiger partial charge in [-0.1, -0.05) is 13.0 Å². The second-order valence-electron chi connectivity index (χ2n) is 5.61. The van der Waals surface area contributed by atoms with Crippen molar-refractivity contribution in [1.82, 2.24) is 9.97 Å². The average molecular weight is 410 g/mol. The molecule has 11 heteroatoms. The number of benzene rings is 1. The number of nitrogens with one attached hydrogen (secondary N) is 2. The number of thioether (sulfide) groups is 1. The maximum atomic E-state index is 13.1. The highest BCUT2D eigenvalue weighted by molar-refractivity contribution is 8.00. The molecule has 1 atom stereocenters. The van der Waals surface area contributed by atoms with Crippen molar-refractivity contribution in [1.29, 1.82) is 0 Å². The first-order chi connectivity index (χ1) is 12.5. The van der Waals surface area contributed by atoms with Crippen molar-refractivity contribution in [3.63, 3.8) is 0 Å². The van der Waals surface area contributed by atoms with Gasteiger partial charge in [-0.15, -0.1) is 0 Å². The summed E-state index contributed by atoms with van der Waals surface area (Å²) in [5, 5.41) is 5.36. The Hall–Kier alpha value is -2.17. The Kier molecular flexibility index (Phi) is 6.45. The maximum absolute atomic E-state index is 13.1. The standard InChI is InChI=1S/C16H16F6N4S/c1-3-9(2)23-14-25-12(15(17,18)19)8-13(26-14)24-10-5-4-6-11(7-10)27-16(20,21)22/h4-9H,3H2,1-2H3,(H2,23,24,25,26)/t9-/m1/s1. The predicted octanol–water partition coefficient (Wildman–Crippen LogP) is 6.06. The van der Waals surface area contributed by atoms with Crippen molar-refractivity contribution in [2.24, 2.45) is 0 Å². The van der Waals surface area contributed by atoms with Crippen LogP contribution < -0.4 is 10.6 Å². The molecule has 0 bridgehead atoms. The Balaban J connectivity index is 2.32. The van der Waals surface area contributed by atoms with Gasteiger partial charge in [0.25, 0.3) is 0 Å². The van der Waals surface area contributed by atoms with Crippen molar-refractivity contribution in [3.05, 3.63) is 36.0 Å².